The Labute approximate surface area is 156 Å². The molecule has 1 N–H and O–H groups in total. The molecule has 136 valence electrons. The Balaban J connectivity index is 1.51. The number of hydrogen-bond acceptors (Lipinski definition) is 4. The lowest BCUT2D eigenvalue weighted by molar-refractivity contribution is -0.130. The minimum Gasteiger partial charge on any atom is -0.361 e. The summed E-state index contributed by atoms with van der Waals surface area (Å²) in [6.45, 7) is 0.744. The number of rotatable bonds is 3. The number of nitrogens with one attached hydrogen (secondary N) is 1. The molecule has 0 unspecified atom stereocenters. The van der Waals surface area contributed by atoms with E-state index in [1.54, 1.807) is 4.90 Å². The van der Waals surface area contributed by atoms with Gasteiger partial charge in [-0.2, -0.15) is 0 Å². The molecule has 1 fully saturated rings. The van der Waals surface area contributed by atoms with Crippen molar-refractivity contribution in [3.05, 3.63) is 58.4 Å². The summed E-state index contributed by atoms with van der Waals surface area (Å²) in [5.41, 5.74) is 1.96. The van der Waals surface area contributed by atoms with Crippen LogP contribution in [0, 0.1) is 0 Å². The lowest BCUT2D eigenvalue weighted by atomic mass is 10.1. The fraction of sp³-hybridized carbons (Fsp3) is 0.316. The van der Waals surface area contributed by atoms with E-state index in [4.69, 9.17) is 0 Å². The number of carbonyl (C=O) groups is 1. The summed E-state index contributed by atoms with van der Waals surface area (Å²) in [5.74, 6) is 0.00614. The second-order valence-electron chi connectivity index (χ2n) is 6.58. The number of fused-ring (bicyclic) bond motifs is 1. The first-order chi connectivity index (χ1) is 12.5. The van der Waals surface area contributed by atoms with Crippen molar-refractivity contribution in [3.8, 4) is 0 Å². The van der Waals surface area contributed by atoms with Gasteiger partial charge in [-0.15, -0.1) is 11.3 Å². The van der Waals surface area contributed by atoms with Crippen molar-refractivity contribution in [2.45, 2.75) is 18.1 Å². The minimum atomic E-state index is -3.24. The third-order valence-electron chi connectivity index (χ3n) is 4.97. The van der Waals surface area contributed by atoms with Crippen LogP contribution in [0.15, 0.2) is 48.0 Å². The van der Waals surface area contributed by atoms with E-state index in [0.717, 1.165) is 21.3 Å². The Morgan fingerprint density at radius 3 is 2.85 bits per heavy atom. The molecule has 7 heteroatoms. The van der Waals surface area contributed by atoms with Crippen LogP contribution in [-0.2, 0) is 21.1 Å². The maximum atomic E-state index is 12.8. The largest absolute Gasteiger partial charge is 0.361 e. The van der Waals surface area contributed by atoms with Crippen molar-refractivity contribution in [1.82, 2.24) is 9.88 Å². The van der Waals surface area contributed by atoms with Crippen molar-refractivity contribution in [2.24, 2.45) is 0 Å². The number of H-pyrrole nitrogens is 1. The zero-order valence-electron chi connectivity index (χ0n) is 14.2. The molecule has 0 spiro atoms. The Morgan fingerprint density at radius 2 is 2.04 bits per heavy atom. The molecule has 26 heavy (non-hydrogen) atoms. The quantitative estimate of drug-likeness (QED) is 0.749. The summed E-state index contributed by atoms with van der Waals surface area (Å²) in [4.78, 5) is 18.5. The number of amides is 1. The van der Waals surface area contributed by atoms with Gasteiger partial charge in [0.2, 0.25) is 5.91 Å². The molecule has 0 bridgehead atoms. The van der Waals surface area contributed by atoms with Crippen molar-refractivity contribution >= 4 is 38.0 Å². The maximum absolute atomic E-state index is 12.8. The van der Waals surface area contributed by atoms with Crippen LogP contribution < -0.4 is 0 Å². The van der Waals surface area contributed by atoms with E-state index in [9.17, 15) is 13.2 Å². The molecule has 4 rings (SSSR count). The molecule has 0 radical (unpaired) electrons. The van der Waals surface area contributed by atoms with Gasteiger partial charge in [-0.1, -0.05) is 24.3 Å². The highest BCUT2D eigenvalue weighted by atomic mass is 32.2. The molecule has 0 saturated carbocycles. The van der Waals surface area contributed by atoms with Crippen LogP contribution >= 0.6 is 11.3 Å². The third kappa shape index (κ3) is 3.29. The number of aromatic amines is 1. The van der Waals surface area contributed by atoms with Crippen molar-refractivity contribution in [3.63, 3.8) is 0 Å². The van der Waals surface area contributed by atoms with Gasteiger partial charge in [-0.25, -0.2) is 8.42 Å². The van der Waals surface area contributed by atoms with E-state index >= 15 is 0 Å². The molecule has 3 heterocycles. The molecule has 1 aromatic carbocycles. The van der Waals surface area contributed by atoms with E-state index in [-0.39, 0.29) is 24.6 Å². The fourth-order valence-electron chi connectivity index (χ4n) is 3.54. The molecular formula is C19H20N2O3S2. The molecular weight excluding hydrogens is 368 g/mol. The van der Waals surface area contributed by atoms with Gasteiger partial charge >= 0.3 is 0 Å². The zero-order valence-corrected chi connectivity index (χ0v) is 15.9. The van der Waals surface area contributed by atoms with Gasteiger partial charge in [0.1, 0.15) is 0 Å². The highest BCUT2D eigenvalue weighted by Gasteiger charge is 2.33. The molecule has 1 amide bonds. The third-order valence-corrected chi connectivity index (χ3v) is 8.21. The average molecular weight is 389 g/mol. The number of hydrogen-bond donors (Lipinski definition) is 1. The fourth-order valence-corrected chi connectivity index (χ4v) is 6.54. The smallest absolute Gasteiger partial charge is 0.227 e. The van der Waals surface area contributed by atoms with Crippen molar-refractivity contribution < 1.29 is 13.2 Å². The second-order valence-corrected chi connectivity index (χ2v) is 9.86. The van der Waals surface area contributed by atoms with Gasteiger partial charge in [0.15, 0.2) is 9.84 Å². The predicted molar refractivity (Wildman–Crippen MR) is 104 cm³/mol. The van der Waals surface area contributed by atoms with Gasteiger partial charge in [0, 0.05) is 35.1 Å². The van der Waals surface area contributed by atoms with Crippen LogP contribution in [-0.4, -0.2) is 43.1 Å². The molecule has 2 aromatic heterocycles. The number of benzene rings is 1. The number of sulfone groups is 1. The van der Waals surface area contributed by atoms with Crippen molar-refractivity contribution in [2.75, 3.05) is 18.8 Å². The number of nitrogens with zero attached hydrogens (tertiary/aromatic N) is 1. The summed E-state index contributed by atoms with van der Waals surface area (Å²) in [5, 5.41) is 2.45. The first kappa shape index (κ1) is 17.3. The van der Waals surface area contributed by atoms with Gasteiger partial charge in [-0.3, -0.25) is 4.79 Å². The molecule has 1 saturated heterocycles. The maximum Gasteiger partial charge on any atom is 0.227 e. The number of thiophene rings is 1. The Kier molecular flexibility index (Phi) is 4.58. The summed E-state index contributed by atoms with van der Waals surface area (Å²) in [7, 11) is -3.24. The molecule has 1 aliphatic rings. The molecule has 1 aliphatic heterocycles. The summed E-state index contributed by atoms with van der Waals surface area (Å²) >= 11 is 1.47. The summed E-state index contributed by atoms with van der Waals surface area (Å²) in [6.07, 6.45) is 2.61. The lowest BCUT2D eigenvalue weighted by Crippen LogP contribution is -2.34. The summed E-state index contributed by atoms with van der Waals surface area (Å²) < 4.78 is 25.2. The molecule has 0 aliphatic carbocycles. The van der Waals surface area contributed by atoms with Gasteiger partial charge < -0.3 is 9.88 Å². The number of carbonyl (C=O) groups excluding carboxylic acids is 1. The van der Waals surface area contributed by atoms with Gasteiger partial charge in [0.25, 0.3) is 0 Å². The van der Waals surface area contributed by atoms with Crippen LogP contribution in [0.1, 0.15) is 22.1 Å². The average Bonchev–Trinajstić information content (AvgIpc) is 3.25. The van der Waals surface area contributed by atoms with Crippen LogP contribution in [0.4, 0.5) is 0 Å². The van der Waals surface area contributed by atoms with E-state index in [0.29, 0.717) is 13.0 Å². The van der Waals surface area contributed by atoms with Crippen LogP contribution in [0.2, 0.25) is 0 Å². The summed E-state index contributed by atoms with van der Waals surface area (Å²) in [6, 6.07) is 11.6. The second kappa shape index (κ2) is 6.89. The van der Waals surface area contributed by atoms with E-state index < -0.39 is 15.1 Å². The van der Waals surface area contributed by atoms with E-state index in [2.05, 4.69) is 4.98 Å². The predicted octanol–water partition coefficient (Wildman–Crippen LogP) is 3.16. The Hall–Kier alpha value is -2.12. The van der Waals surface area contributed by atoms with Crippen LogP contribution in [0.25, 0.3) is 10.9 Å². The van der Waals surface area contributed by atoms with E-state index in [1.807, 2.05) is 48.0 Å². The van der Waals surface area contributed by atoms with Crippen LogP contribution in [0.5, 0.6) is 0 Å². The molecule has 3 aromatic rings. The minimum absolute atomic E-state index is 0.0169. The van der Waals surface area contributed by atoms with Crippen molar-refractivity contribution in [1.29, 1.82) is 0 Å². The molecule has 5 nitrogen and oxygen atoms in total. The topological polar surface area (TPSA) is 70.2 Å². The molecule has 1 atom stereocenters. The van der Waals surface area contributed by atoms with Gasteiger partial charge in [-0.05, 0) is 29.5 Å². The zero-order chi connectivity index (χ0) is 18.1. The highest BCUT2D eigenvalue weighted by Crippen LogP contribution is 2.32. The van der Waals surface area contributed by atoms with Crippen LogP contribution in [0.3, 0.4) is 0 Å². The first-order valence-electron chi connectivity index (χ1n) is 8.62. The SMILES string of the molecule is O=C(Cc1c[nH]c2ccccc12)N1CC[C@H](c2cccs2)S(=O)(=O)CC1. The highest BCUT2D eigenvalue weighted by molar-refractivity contribution is 7.91. The monoisotopic (exact) mass is 388 g/mol. The van der Waals surface area contributed by atoms with E-state index in [1.165, 1.54) is 11.3 Å². The standard InChI is InChI=1S/C19H20N2O3S2/c22-19(12-14-13-20-16-5-2-1-4-15(14)16)21-8-7-18(17-6-3-10-25-17)26(23,24)11-9-21/h1-6,10,13,18,20H,7-9,11-12H2/t18-/m1/s1. The number of para-hydroxylation sites is 1. The van der Waals surface area contributed by atoms with Gasteiger partial charge in [0.05, 0.1) is 17.4 Å². The number of aromatic nitrogens is 1. The first-order valence-corrected chi connectivity index (χ1v) is 11.2. The lowest BCUT2D eigenvalue weighted by Gasteiger charge is -2.19. The normalized spacial score (nSPS) is 20.2. The Bertz CT molecular complexity index is 1020. The Morgan fingerprint density at radius 1 is 1.19 bits per heavy atom.